The summed E-state index contributed by atoms with van der Waals surface area (Å²) in [5.74, 6) is -1.28. The van der Waals surface area contributed by atoms with Gasteiger partial charge in [0.25, 0.3) is 0 Å². The zero-order valence-electron chi connectivity index (χ0n) is 9.08. The van der Waals surface area contributed by atoms with E-state index in [2.05, 4.69) is 5.32 Å². The number of aryl methyl sites for hydroxylation is 2. The molecule has 0 aromatic heterocycles. The average Bonchev–Trinajstić information content (AvgIpc) is 2.39. The summed E-state index contributed by atoms with van der Waals surface area (Å²) < 4.78 is 0. The summed E-state index contributed by atoms with van der Waals surface area (Å²) in [5.41, 5.74) is 2.93. The number of alkyl halides is 1. The second-order valence-corrected chi connectivity index (χ2v) is 4.62. The molecule has 2 atom stereocenters. The maximum Gasteiger partial charge on any atom is 0.245 e. The summed E-state index contributed by atoms with van der Waals surface area (Å²) in [6, 6.07) is 5.80. The lowest BCUT2D eigenvalue weighted by atomic mass is 9.94. The summed E-state index contributed by atoms with van der Waals surface area (Å²) in [7, 11) is 0. The van der Waals surface area contributed by atoms with Crippen molar-refractivity contribution in [3.63, 3.8) is 0 Å². The lowest BCUT2D eigenvalue weighted by Crippen LogP contribution is -2.22. The molecule has 0 aliphatic carbocycles. The van der Waals surface area contributed by atoms with Crippen molar-refractivity contribution in [3.05, 3.63) is 34.9 Å². The van der Waals surface area contributed by atoms with Crippen LogP contribution in [0.15, 0.2) is 18.2 Å². The highest BCUT2D eigenvalue weighted by molar-refractivity contribution is 6.37. The summed E-state index contributed by atoms with van der Waals surface area (Å²) in [6.45, 7) is 3.91. The highest BCUT2D eigenvalue weighted by Crippen LogP contribution is 2.29. The number of benzene rings is 1. The van der Waals surface area contributed by atoms with E-state index in [4.69, 9.17) is 11.6 Å². The number of amides is 2. The van der Waals surface area contributed by atoms with Gasteiger partial charge < -0.3 is 0 Å². The molecular formula is C12H12ClNO2. The van der Waals surface area contributed by atoms with Crippen LogP contribution in [0.4, 0.5) is 0 Å². The van der Waals surface area contributed by atoms with Crippen molar-refractivity contribution in [2.45, 2.75) is 25.1 Å². The number of carbonyl (C=O) groups is 2. The van der Waals surface area contributed by atoms with Crippen LogP contribution < -0.4 is 5.32 Å². The number of nitrogens with one attached hydrogen (secondary N) is 1. The fourth-order valence-corrected chi connectivity index (χ4v) is 2.38. The maximum absolute atomic E-state index is 11.6. The van der Waals surface area contributed by atoms with Crippen LogP contribution in [0.3, 0.4) is 0 Å². The Balaban J connectivity index is 2.44. The van der Waals surface area contributed by atoms with Crippen molar-refractivity contribution >= 4 is 23.4 Å². The number of rotatable bonds is 1. The fourth-order valence-electron chi connectivity index (χ4n) is 2.06. The monoisotopic (exact) mass is 237 g/mol. The van der Waals surface area contributed by atoms with Crippen LogP contribution in [0, 0.1) is 13.8 Å². The van der Waals surface area contributed by atoms with Gasteiger partial charge in [0.2, 0.25) is 11.8 Å². The topological polar surface area (TPSA) is 46.2 Å². The zero-order valence-corrected chi connectivity index (χ0v) is 9.84. The Morgan fingerprint density at radius 2 is 1.62 bits per heavy atom. The van der Waals surface area contributed by atoms with E-state index in [0.717, 1.165) is 16.7 Å². The number of hydrogen-bond acceptors (Lipinski definition) is 2. The molecule has 0 radical (unpaired) electrons. The van der Waals surface area contributed by atoms with E-state index in [1.54, 1.807) is 0 Å². The molecule has 1 saturated heterocycles. The predicted octanol–water partition coefficient (Wildman–Crippen LogP) is 1.65. The molecule has 1 aromatic rings. The van der Waals surface area contributed by atoms with Gasteiger partial charge in [-0.05, 0) is 19.4 Å². The third-order valence-corrected chi connectivity index (χ3v) is 3.13. The molecule has 2 amide bonds. The minimum atomic E-state index is -0.798. The van der Waals surface area contributed by atoms with E-state index < -0.39 is 17.2 Å². The molecule has 0 spiro atoms. The van der Waals surface area contributed by atoms with E-state index in [0.29, 0.717) is 0 Å². The van der Waals surface area contributed by atoms with Crippen molar-refractivity contribution in [2.24, 2.45) is 0 Å². The molecule has 1 fully saturated rings. The summed E-state index contributed by atoms with van der Waals surface area (Å²) >= 11 is 5.93. The number of halogens is 1. The first-order valence-corrected chi connectivity index (χ1v) is 5.49. The maximum atomic E-state index is 11.6. The quantitative estimate of drug-likeness (QED) is 0.596. The zero-order chi connectivity index (χ0) is 11.9. The Kier molecular flexibility index (Phi) is 2.72. The standard InChI is InChI=1S/C12H12ClNO2/c1-6-3-7(2)5-8(4-6)9-10(13)12(16)14-11(9)15/h3-5,9-10H,1-2H3,(H,14,15,16). The van der Waals surface area contributed by atoms with E-state index >= 15 is 0 Å². The average molecular weight is 238 g/mol. The van der Waals surface area contributed by atoms with Gasteiger partial charge in [0.05, 0.1) is 5.92 Å². The van der Waals surface area contributed by atoms with Crippen molar-refractivity contribution in [1.82, 2.24) is 5.32 Å². The van der Waals surface area contributed by atoms with E-state index in [1.165, 1.54) is 0 Å². The van der Waals surface area contributed by atoms with Gasteiger partial charge in [0, 0.05) is 0 Å². The van der Waals surface area contributed by atoms with Gasteiger partial charge in [-0.2, -0.15) is 0 Å². The molecule has 0 saturated carbocycles. The summed E-state index contributed by atoms with van der Waals surface area (Å²) in [4.78, 5) is 22.9. The van der Waals surface area contributed by atoms with Crippen LogP contribution in [0.2, 0.25) is 0 Å². The van der Waals surface area contributed by atoms with Crippen molar-refractivity contribution in [2.75, 3.05) is 0 Å². The third-order valence-electron chi connectivity index (χ3n) is 2.68. The highest BCUT2D eigenvalue weighted by Gasteiger charge is 2.41. The van der Waals surface area contributed by atoms with Crippen LogP contribution in [0.5, 0.6) is 0 Å². The van der Waals surface area contributed by atoms with Gasteiger partial charge in [-0.25, -0.2) is 0 Å². The van der Waals surface area contributed by atoms with Crippen molar-refractivity contribution in [1.29, 1.82) is 0 Å². The SMILES string of the molecule is Cc1cc(C)cc(C2C(=O)NC(=O)C2Cl)c1. The van der Waals surface area contributed by atoms with Gasteiger partial charge in [0.1, 0.15) is 5.38 Å². The number of hydrogen-bond donors (Lipinski definition) is 1. The van der Waals surface area contributed by atoms with E-state index in [-0.39, 0.29) is 5.91 Å². The van der Waals surface area contributed by atoms with Gasteiger partial charge >= 0.3 is 0 Å². The highest BCUT2D eigenvalue weighted by atomic mass is 35.5. The van der Waals surface area contributed by atoms with Crippen LogP contribution in [-0.2, 0) is 9.59 Å². The molecule has 2 unspecified atom stereocenters. The van der Waals surface area contributed by atoms with Crippen LogP contribution in [0.1, 0.15) is 22.6 Å². The van der Waals surface area contributed by atoms with E-state index in [1.807, 2.05) is 32.0 Å². The smallest absolute Gasteiger partial charge is 0.245 e. The molecular weight excluding hydrogens is 226 g/mol. The summed E-state index contributed by atoms with van der Waals surface area (Å²) in [5, 5.41) is 1.45. The minimum Gasteiger partial charge on any atom is -0.295 e. The Labute approximate surface area is 98.8 Å². The van der Waals surface area contributed by atoms with Gasteiger partial charge in [0.15, 0.2) is 0 Å². The van der Waals surface area contributed by atoms with Crippen LogP contribution in [-0.4, -0.2) is 17.2 Å². The molecule has 1 aliphatic rings. The van der Waals surface area contributed by atoms with Crippen LogP contribution in [0.25, 0.3) is 0 Å². The molecule has 16 heavy (non-hydrogen) atoms. The van der Waals surface area contributed by atoms with Crippen molar-refractivity contribution < 1.29 is 9.59 Å². The molecule has 84 valence electrons. The lowest BCUT2D eigenvalue weighted by Gasteiger charge is -2.11. The molecule has 4 heteroatoms. The van der Waals surface area contributed by atoms with Gasteiger partial charge in [-0.1, -0.05) is 29.3 Å². The lowest BCUT2D eigenvalue weighted by molar-refractivity contribution is -0.125. The van der Waals surface area contributed by atoms with Crippen LogP contribution >= 0.6 is 11.6 Å². The Morgan fingerprint density at radius 1 is 1.06 bits per heavy atom. The normalized spacial score (nSPS) is 24.7. The Hall–Kier alpha value is -1.35. The Bertz CT molecular complexity index is 450. The molecule has 1 heterocycles. The van der Waals surface area contributed by atoms with Gasteiger partial charge in [-0.15, -0.1) is 11.6 Å². The molecule has 1 aliphatic heterocycles. The molecule has 1 N–H and O–H groups in total. The number of imide groups is 1. The molecule has 0 bridgehead atoms. The van der Waals surface area contributed by atoms with Crippen molar-refractivity contribution in [3.8, 4) is 0 Å². The first-order valence-electron chi connectivity index (χ1n) is 5.06. The largest absolute Gasteiger partial charge is 0.295 e. The second-order valence-electron chi connectivity index (χ2n) is 4.15. The first-order chi connectivity index (χ1) is 7.49. The minimum absolute atomic E-state index is 0.310. The molecule has 1 aromatic carbocycles. The summed E-state index contributed by atoms with van der Waals surface area (Å²) in [6.07, 6.45) is 0. The van der Waals surface area contributed by atoms with Gasteiger partial charge in [-0.3, -0.25) is 14.9 Å². The number of carbonyl (C=O) groups excluding carboxylic acids is 2. The molecule has 3 nitrogen and oxygen atoms in total. The third kappa shape index (κ3) is 1.83. The first kappa shape index (κ1) is 11.1. The fraction of sp³-hybridized carbons (Fsp3) is 0.333. The molecule has 2 rings (SSSR count). The Morgan fingerprint density at radius 3 is 2.06 bits per heavy atom. The van der Waals surface area contributed by atoms with E-state index in [9.17, 15) is 9.59 Å². The predicted molar refractivity (Wildman–Crippen MR) is 61.4 cm³/mol. The second kappa shape index (κ2) is 3.91.